The number of likely N-dealkylation sites (tertiary alicyclic amines) is 1. The van der Waals surface area contributed by atoms with Crippen LogP contribution in [0, 0.1) is 5.92 Å². The summed E-state index contributed by atoms with van der Waals surface area (Å²) in [5.74, 6) is 1.08. The lowest BCUT2D eigenvalue weighted by Gasteiger charge is -2.28. The van der Waals surface area contributed by atoms with Gasteiger partial charge >= 0.3 is 0 Å². The van der Waals surface area contributed by atoms with Crippen molar-refractivity contribution in [3.8, 4) is 0 Å². The first-order chi connectivity index (χ1) is 9.26. The number of thiazole rings is 1. The van der Waals surface area contributed by atoms with E-state index >= 15 is 0 Å². The van der Waals surface area contributed by atoms with Crippen LogP contribution in [0.15, 0.2) is 5.51 Å². The predicted octanol–water partition coefficient (Wildman–Crippen LogP) is 1.76. The second kappa shape index (κ2) is 5.59. The number of carbonyl (C=O) groups is 1. The fraction of sp³-hybridized carbons (Fsp3) is 0.714. The molecule has 19 heavy (non-hydrogen) atoms. The molecule has 0 spiro atoms. The van der Waals surface area contributed by atoms with Crippen molar-refractivity contribution in [2.24, 2.45) is 5.92 Å². The van der Waals surface area contributed by atoms with Gasteiger partial charge in [0, 0.05) is 24.4 Å². The summed E-state index contributed by atoms with van der Waals surface area (Å²) in [4.78, 5) is 22.3. The molecule has 1 aromatic heterocycles. The van der Waals surface area contributed by atoms with Crippen LogP contribution in [0.4, 0.5) is 0 Å². The topological polar surface area (TPSA) is 36.4 Å². The molecule has 104 valence electrons. The van der Waals surface area contributed by atoms with Crippen molar-refractivity contribution in [3.05, 3.63) is 16.1 Å². The Balaban J connectivity index is 1.54. The van der Waals surface area contributed by atoms with Crippen molar-refractivity contribution < 1.29 is 4.79 Å². The number of carbonyl (C=O) groups excluding carboxylic acids is 1. The molecule has 1 unspecified atom stereocenters. The van der Waals surface area contributed by atoms with Gasteiger partial charge in [-0.2, -0.15) is 0 Å². The molecule has 2 aliphatic heterocycles. The number of fused-ring (bicyclic) bond motifs is 1. The van der Waals surface area contributed by atoms with Gasteiger partial charge < -0.3 is 4.90 Å². The maximum absolute atomic E-state index is 12.3. The molecule has 0 N–H and O–H groups in total. The van der Waals surface area contributed by atoms with Crippen LogP contribution in [0.2, 0.25) is 0 Å². The van der Waals surface area contributed by atoms with E-state index < -0.39 is 0 Å². The third-order valence-corrected chi connectivity index (χ3v) is 5.20. The fourth-order valence-electron chi connectivity index (χ4n) is 3.01. The Morgan fingerprint density at radius 1 is 1.53 bits per heavy atom. The average Bonchev–Trinajstić information content (AvgIpc) is 3.05. The van der Waals surface area contributed by atoms with E-state index in [2.05, 4.69) is 16.8 Å². The largest absolute Gasteiger partial charge is 0.336 e. The Morgan fingerprint density at radius 2 is 2.42 bits per heavy atom. The molecular formula is C14H21N3OS. The highest BCUT2D eigenvalue weighted by Gasteiger charge is 2.27. The lowest BCUT2D eigenvalue weighted by atomic mass is 10.1. The number of rotatable bonds is 3. The first-order valence-corrected chi connectivity index (χ1v) is 8.05. The van der Waals surface area contributed by atoms with E-state index in [1.54, 1.807) is 11.3 Å². The van der Waals surface area contributed by atoms with Crippen LogP contribution in [0.3, 0.4) is 0 Å². The molecule has 0 radical (unpaired) electrons. The van der Waals surface area contributed by atoms with Crippen molar-refractivity contribution in [2.75, 3.05) is 26.2 Å². The molecule has 1 fully saturated rings. The van der Waals surface area contributed by atoms with E-state index in [0.717, 1.165) is 38.5 Å². The van der Waals surface area contributed by atoms with Crippen LogP contribution >= 0.6 is 11.3 Å². The highest BCUT2D eigenvalue weighted by Crippen LogP contribution is 2.23. The summed E-state index contributed by atoms with van der Waals surface area (Å²) >= 11 is 1.67. The number of nitrogens with zero attached hydrogens (tertiary/aromatic N) is 3. The second-order valence-corrected chi connectivity index (χ2v) is 6.52. The molecule has 0 aromatic carbocycles. The molecule has 0 bridgehead atoms. The van der Waals surface area contributed by atoms with Crippen molar-refractivity contribution in [1.82, 2.24) is 14.8 Å². The van der Waals surface area contributed by atoms with Gasteiger partial charge in [0.25, 0.3) is 0 Å². The summed E-state index contributed by atoms with van der Waals surface area (Å²) in [5.41, 5.74) is 3.09. The number of hydrogen-bond donors (Lipinski definition) is 0. The van der Waals surface area contributed by atoms with E-state index in [-0.39, 0.29) is 5.91 Å². The predicted molar refractivity (Wildman–Crippen MR) is 76.1 cm³/mol. The van der Waals surface area contributed by atoms with Crippen LogP contribution in [0.1, 0.15) is 30.3 Å². The van der Waals surface area contributed by atoms with Gasteiger partial charge in [0.1, 0.15) is 0 Å². The Kier molecular flexibility index (Phi) is 3.84. The Labute approximate surface area is 118 Å². The monoisotopic (exact) mass is 279 g/mol. The maximum atomic E-state index is 12.3. The van der Waals surface area contributed by atoms with Crippen LogP contribution in [-0.4, -0.2) is 46.9 Å². The maximum Gasteiger partial charge on any atom is 0.237 e. The van der Waals surface area contributed by atoms with Crippen molar-refractivity contribution >= 4 is 17.2 Å². The molecular weight excluding hydrogens is 258 g/mol. The van der Waals surface area contributed by atoms with E-state index in [4.69, 9.17) is 0 Å². The lowest BCUT2D eigenvalue weighted by molar-refractivity contribution is -0.133. The second-order valence-electron chi connectivity index (χ2n) is 5.59. The molecule has 0 saturated carbocycles. The van der Waals surface area contributed by atoms with Crippen LogP contribution in [0.5, 0.6) is 0 Å². The smallest absolute Gasteiger partial charge is 0.237 e. The van der Waals surface area contributed by atoms with Crippen molar-refractivity contribution in [2.45, 2.75) is 32.7 Å². The average molecular weight is 279 g/mol. The summed E-state index contributed by atoms with van der Waals surface area (Å²) in [6.07, 6.45) is 3.41. The highest BCUT2D eigenvalue weighted by molar-refractivity contribution is 7.09. The molecule has 1 atom stereocenters. The quantitative estimate of drug-likeness (QED) is 0.846. The molecule has 2 aliphatic rings. The van der Waals surface area contributed by atoms with Crippen LogP contribution in [0.25, 0.3) is 0 Å². The van der Waals surface area contributed by atoms with Crippen LogP contribution in [-0.2, 0) is 17.8 Å². The van der Waals surface area contributed by atoms with E-state index in [1.807, 2.05) is 10.4 Å². The van der Waals surface area contributed by atoms with Gasteiger partial charge in [-0.05, 0) is 18.9 Å². The van der Waals surface area contributed by atoms with Gasteiger partial charge in [-0.1, -0.05) is 13.3 Å². The molecule has 3 heterocycles. The van der Waals surface area contributed by atoms with Gasteiger partial charge in [-0.3, -0.25) is 9.69 Å². The van der Waals surface area contributed by atoms with Crippen molar-refractivity contribution in [1.29, 1.82) is 0 Å². The number of hydrogen-bond acceptors (Lipinski definition) is 4. The van der Waals surface area contributed by atoms with E-state index in [0.29, 0.717) is 6.54 Å². The summed E-state index contributed by atoms with van der Waals surface area (Å²) in [6.45, 7) is 6.63. The SMILES string of the molecule is CCC1CCN(CC(=O)N2CCc3ncsc3C2)C1. The molecule has 1 amide bonds. The molecule has 1 aromatic rings. The molecule has 5 heteroatoms. The molecule has 4 nitrogen and oxygen atoms in total. The zero-order valence-corrected chi connectivity index (χ0v) is 12.3. The minimum absolute atomic E-state index is 0.288. The molecule has 1 saturated heterocycles. The number of aromatic nitrogens is 1. The van der Waals surface area contributed by atoms with Gasteiger partial charge in [0.2, 0.25) is 5.91 Å². The third kappa shape index (κ3) is 2.82. The summed E-state index contributed by atoms with van der Waals surface area (Å²) < 4.78 is 0. The zero-order valence-electron chi connectivity index (χ0n) is 11.5. The van der Waals surface area contributed by atoms with Crippen LogP contribution < -0.4 is 0 Å². The molecule has 3 rings (SSSR count). The van der Waals surface area contributed by atoms with Crippen molar-refractivity contribution in [3.63, 3.8) is 0 Å². The fourth-order valence-corrected chi connectivity index (χ4v) is 3.84. The highest BCUT2D eigenvalue weighted by atomic mass is 32.1. The van der Waals surface area contributed by atoms with Gasteiger partial charge in [-0.25, -0.2) is 4.98 Å². The Morgan fingerprint density at radius 3 is 3.21 bits per heavy atom. The third-order valence-electron chi connectivity index (χ3n) is 4.34. The Bertz CT molecular complexity index is 459. The minimum atomic E-state index is 0.288. The first kappa shape index (κ1) is 13.1. The standard InChI is InChI=1S/C14H21N3OS/c1-2-11-3-5-16(7-11)9-14(18)17-6-4-12-13(8-17)19-10-15-12/h10-11H,2-9H2,1H3. The Hall–Kier alpha value is -0.940. The van der Waals surface area contributed by atoms with Gasteiger partial charge in [0.05, 0.1) is 24.3 Å². The first-order valence-electron chi connectivity index (χ1n) is 7.17. The van der Waals surface area contributed by atoms with Gasteiger partial charge in [0.15, 0.2) is 0 Å². The summed E-state index contributed by atoms with van der Waals surface area (Å²) in [5, 5.41) is 0. The molecule has 0 aliphatic carbocycles. The summed E-state index contributed by atoms with van der Waals surface area (Å²) in [7, 11) is 0. The number of amides is 1. The zero-order chi connectivity index (χ0) is 13.2. The van der Waals surface area contributed by atoms with Gasteiger partial charge in [-0.15, -0.1) is 11.3 Å². The van der Waals surface area contributed by atoms with E-state index in [1.165, 1.54) is 23.4 Å². The normalized spacial score (nSPS) is 23.6. The lowest BCUT2D eigenvalue weighted by Crippen LogP contribution is -2.41. The summed E-state index contributed by atoms with van der Waals surface area (Å²) in [6, 6.07) is 0. The minimum Gasteiger partial charge on any atom is -0.336 e. The van der Waals surface area contributed by atoms with E-state index in [9.17, 15) is 4.79 Å².